The normalized spacial score (nSPS) is 12.0. The molecule has 4 heteroatoms. The lowest BCUT2D eigenvalue weighted by Gasteiger charge is -2.17. The first kappa shape index (κ1) is 16.0. The lowest BCUT2D eigenvalue weighted by molar-refractivity contribution is 0.317. The van der Waals surface area contributed by atoms with Crippen LogP contribution < -0.4 is 10.1 Å². The molecule has 0 fully saturated rings. The van der Waals surface area contributed by atoms with Gasteiger partial charge in [0.2, 0.25) is 0 Å². The summed E-state index contributed by atoms with van der Waals surface area (Å²) in [5.41, 5.74) is 2.05. The molecule has 0 bridgehead atoms. The Morgan fingerprint density at radius 1 is 1.10 bits per heavy atom. The predicted molar refractivity (Wildman–Crippen MR) is 90.7 cm³/mol. The van der Waals surface area contributed by atoms with Crippen LogP contribution in [0.4, 0.5) is 5.69 Å². The van der Waals surface area contributed by atoms with Crippen LogP contribution in [0.5, 0.6) is 5.75 Å². The van der Waals surface area contributed by atoms with Crippen molar-refractivity contribution in [3.05, 3.63) is 58.1 Å². The average Bonchev–Trinajstić information content (AvgIpc) is 2.48. The third-order valence-corrected chi connectivity index (χ3v) is 3.70. The minimum atomic E-state index is 0.143. The van der Waals surface area contributed by atoms with Gasteiger partial charge in [0.15, 0.2) is 0 Å². The van der Waals surface area contributed by atoms with Crippen molar-refractivity contribution in [2.75, 3.05) is 11.9 Å². The maximum atomic E-state index is 6.18. The molecule has 1 atom stereocenters. The molecular weight excluding hydrogens is 305 g/mol. The van der Waals surface area contributed by atoms with Gasteiger partial charge in [0.1, 0.15) is 5.75 Å². The third-order valence-electron chi connectivity index (χ3n) is 3.16. The van der Waals surface area contributed by atoms with Gasteiger partial charge in [-0.15, -0.1) is 0 Å². The second kappa shape index (κ2) is 7.58. The Balaban J connectivity index is 2.04. The minimum Gasteiger partial charge on any atom is -0.494 e. The Bertz CT molecular complexity index is 584. The van der Waals surface area contributed by atoms with Gasteiger partial charge in [-0.05, 0) is 49.2 Å². The first-order valence-electron chi connectivity index (χ1n) is 7.04. The largest absolute Gasteiger partial charge is 0.494 e. The van der Waals surface area contributed by atoms with Crippen LogP contribution in [0.1, 0.15) is 31.9 Å². The van der Waals surface area contributed by atoms with Crippen molar-refractivity contribution in [3.63, 3.8) is 0 Å². The van der Waals surface area contributed by atoms with Crippen molar-refractivity contribution in [2.24, 2.45) is 0 Å². The zero-order chi connectivity index (χ0) is 15.2. The van der Waals surface area contributed by atoms with Crippen LogP contribution in [0.15, 0.2) is 42.5 Å². The van der Waals surface area contributed by atoms with Crippen LogP contribution in [-0.2, 0) is 0 Å². The van der Waals surface area contributed by atoms with Gasteiger partial charge in [-0.2, -0.15) is 0 Å². The monoisotopic (exact) mass is 323 g/mol. The molecule has 0 spiro atoms. The highest BCUT2D eigenvalue weighted by atomic mass is 35.5. The second-order valence-electron chi connectivity index (χ2n) is 4.91. The van der Waals surface area contributed by atoms with Crippen LogP contribution >= 0.6 is 23.2 Å². The molecule has 2 aromatic rings. The molecule has 0 aliphatic rings. The smallest absolute Gasteiger partial charge is 0.119 e. The molecular formula is C17H19Cl2NO. The summed E-state index contributed by atoms with van der Waals surface area (Å²) < 4.78 is 5.58. The zero-order valence-corrected chi connectivity index (χ0v) is 13.7. The highest BCUT2D eigenvalue weighted by molar-refractivity contribution is 6.36. The standard InChI is InChI=1S/C17H19Cl2NO/c1-3-10-21-15-7-4-13(5-8-15)12(2)20-17-9-6-14(18)11-16(17)19/h4-9,11-12,20H,3,10H2,1-2H3. The highest BCUT2D eigenvalue weighted by Crippen LogP contribution is 2.29. The highest BCUT2D eigenvalue weighted by Gasteiger charge is 2.08. The van der Waals surface area contributed by atoms with Crippen LogP contribution in [0.25, 0.3) is 0 Å². The van der Waals surface area contributed by atoms with Gasteiger partial charge in [0, 0.05) is 11.1 Å². The van der Waals surface area contributed by atoms with Crippen molar-refractivity contribution in [1.82, 2.24) is 0 Å². The van der Waals surface area contributed by atoms with Crippen molar-refractivity contribution in [1.29, 1.82) is 0 Å². The summed E-state index contributed by atoms with van der Waals surface area (Å²) in [6.45, 7) is 4.93. The molecule has 1 unspecified atom stereocenters. The second-order valence-corrected chi connectivity index (χ2v) is 5.75. The molecule has 112 valence electrons. The number of halogens is 2. The fourth-order valence-electron chi connectivity index (χ4n) is 2.00. The average molecular weight is 324 g/mol. The fourth-order valence-corrected chi connectivity index (χ4v) is 2.46. The zero-order valence-electron chi connectivity index (χ0n) is 12.2. The summed E-state index contributed by atoms with van der Waals surface area (Å²) in [6, 6.07) is 13.7. The molecule has 0 aliphatic heterocycles. The van der Waals surface area contributed by atoms with Crippen LogP contribution in [0.2, 0.25) is 10.0 Å². The lowest BCUT2D eigenvalue weighted by Crippen LogP contribution is -2.07. The van der Waals surface area contributed by atoms with E-state index in [1.165, 1.54) is 5.56 Å². The maximum absolute atomic E-state index is 6.18. The quantitative estimate of drug-likeness (QED) is 0.708. The van der Waals surface area contributed by atoms with Gasteiger partial charge in [-0.25, -0.2) is 0 Å². The van der Waals surface area contributed by atoms with Crippen LogP contribution in [0, 0.1) is 0 Å². The molecule has 1 N–H and O–H groups in total. The van der Waals surface area contributed by atoms with Gasteiger partial charge in [0.25, 0.3) is 0 Å². The molecule has 0 amide bonds. The SMILES string of the molecule is CCCOc1ccc(C(C)Nc2ccc(Cl)cc2Cl)cc1. The molecule has 21 heavy (non-hydrogen) atoms. The lowest BCUT2D eigenvalue weighted by atomic mass is 10.1. The van der Waals surface area contributed by atoms with Gasteiger partial charge >= 0.3 is 0 Å². The minimum absolute atomic E-state index is 0.143. The summed E-state index contributed by atoms with van der Waals surface area (Å²) >= 11 is 12.1. The number of rotatable bonds is 6. The molecule has 0 heterocycles. The predicted octanol–water partition coefficient (Wildman–Crippen LogP) is 5.96. The van der Waals surface area contributed by atoms with E-state index in [9.17, 15) is 0 Å². The Kier molecular flexibility index (Phi) is 5.77. The molecule has 0 saturated heterocycles. The Morgan fingerprint density at radius 3 is 2.43 bits per heavy atom. The van der Waals surface area contributed by atoms with Gasteiger partial charge < -0.3 is 10.1 Å². The summed E-state index contributed by atoms with van der Waals surface area (Å²) in [6.07, 6.45) is 1.01. The molecule has 0 radical (unpaired) electrons. The maximum Gasteiger partial charge on any atom is 0.119 e. The Hall–Kier alpha value is -1.38. The van der Waals surface area contributed by atoms with E-state index < -0.39 is 0 Å². The Labute approximate surface area is 136 Å². The van der Waals surface area contributed by atoms with E-state index in [1.54, 1.807) is 6.07 Å². The third kappa shape index (κ3) is 4.55. The van der Waals surface area contributed by atoms with Crippen LogP contribution in [-0.4, -0.2) is 6.61 Å². The molecule has 0 saturated carbocycles. The van der Waals surface area contributed by atoms with E-state index in [1.807, 2.05) is 24.3 Å². The number of hydrogen-bond donors (Lipinski definition) is 1. The molecule has 2 nitrogen and oxygen atoms in total. The van der Waals surface area contributed by atoms with Crippen molar-refractivity contribution in [3.8, 4) is 5.75 Å². The number of hydrogen-bond acceptors (Lipinski definition) is 2. The van der Waals surface area contributed by atoms with Crippen molar-refractivity contribution < 1.29 is 4.74 Å². The van der Waals surface area contributed by atoms with Crippen molar-refractivity contribution in [2.45, 2.75) is 26.3 Å². The van der Waals surface area contributed by atoms with E-state index >= 15 is 0 Å². The van der Waals surface area contributed by atoms with E-state index in [0.29, 0.717) is 10.0 Å². The topological polar surface area (TPSA) is 21.3 Å². The van der Waals surface area contributed by atoms with Gasteiger partial charge in [0.05, 0.1) is 17.3 Å². The number of anilines is 1. The number of ether oxygens (including phenoxy) is 1. The van der Waals surface area contributed by atoms with Gasteiger partial charge in [-0.1, -0.05) is 42.3 Å². The summed E-state index contributed by atoms with van der Waals surface area (Å²) in [7, 11) is 0. The Morgan fingerprint density at radius 2 is 1.81 bits per heavy atom. The summed E-state index contributed by atoms with van der Waals surface area (Å²) in [4.78, 5) is 0. The number of nitrogens with one attached hydrogen (secondary N) is 1. The van der Waals surface area contributed by atoms with E-state index in [0.717, 1.165) is 24.5 Å². The molecule has 0 aromatic heterocycles. The number of benzene rings is 2. The molecule has 0 aliphatic carbocycles. The van der Waals surface area contributed by atoms with Crippen molar-refractivity contribution >= 4 is 28.9 Å². The van der Waals surface area contributed by atoms with E-state index in [2.05, 4.69) is 31.3 Å². The van der Waals surface area contributed by atoms with E-state index in [4.69, 9.17) is 27.9 Å². The molecule has 2 aromatic carbocycles. The summed E-state index contributed by atoms with van der Waals surface area (Å²) in [5.74, 6) is 0.900. The first-order chi connectivity index (χ1) is 10.1. The van der Waals surface area contributed by atoms with E-state index in [-0.39, 0.29) is 6.04 Å². The van der Waals surface area contributed by atoms with Gasteiger partial charge in [-0.3, -0.25) is 0 Å². The first-order valence-corrected chi connectivity index (χ1v) is 7.80. The molecule has 2 rings (SSSR count). The summed E-state index contributed by atoms with van der Waals surface area (Å²) in [5, 5.41) is 4.64. The fraction of sp³-hybridized carbons (Fsp3) is 0.294. The van der Waals surface area contributed by atoms with Crippen LogP contribution in [0.3, 0.4) is 0 Å².